The molecule has 94 valence electrons. The molecule has 2 N–H and O–H groups in total. The zero-order valence-corrected chi connectivity index (χ0v) is 9.75. The Balaban J connectivity index is 2.59. The molecule has 8 heteroatoms. The molecule has 0 aromatic heterocycles. The second-order valence-electron chi connectivity index (χ2n) is 3.05. The minimum atomic E-state index is -4.46. The van der Waals surface area contributed by atoms with Crippen molar-refractivity contribution in [2.24, 2.45) is 0 Å². The van der Waals surface area contributed by atoms with Crippen molar-refractivity contribution in [1.82, 2.24) is 5.32 Å². The first kappa shape index (κ1) is 13.9. The van der Waals surface area contributed by atoms with Gasteiger partial charge in [0.2, 0.25) is 0 Å². The molecule has 0 heterocycles. The first-order valence-electron chi connectivity index (χ1n) is 4.34. The third kappa shape index (κ3) is 5.14. The fraction of sp³-hybridized carbons (Fsp3) is 0.222. The molecule has 0 saturated carbocycles. The van der Waals surface area contributed by atoms with Crippen LogP contribution in [0.2, 0.25) is 10.0 Å². The van der Waals surface area contributed by atoms with Gasteiger partial charge in [0.15, 0.2) is 0 Å². The number of amides is 2. The van der Waals surface area contributed by atoms with Gasteiger partial charge in [-0.2, -0.15) is 13.2 Å². The van der Waals surface area contributed by atoms with E-state index in [4.69, 9.17) is 23.2 Å². The summed E-state index contributed by atoms with van der Waals surface area (Å²) >= 11 is 11.3. The molecule has 17 heavy (non-hydrogen) atoms. The Morgan fingerprint density at radius 3 is 2.53 bits per heavy atom. The molecule has 0 aliphatic carbocycles. The van der Waals surface area contributed by atoms with Crippen LogP contribution in [0.15, 0.2) is 18.2 Å². The number of carbonyl (C=O) groups excluding carboxylic acids is 1. The lowest BCUT2D eigenvalue weighted by Gasteiger charge is -2.10. The number of benzene rings is 1. The van der Waals surface area contributed by atoms with Crippen molar-refractivity contribution in [1.29, 1.82) is 0 Å². The number of urea groups is 1. The second kappa shape index (κ2) is 5.46. The Hall–Kier alpha value is -1.14. The standard InChI is InChI=1S/C9H7Cl2F3N2O/c10-5-1-2-6(11)7(3-5)16-8(17)15-4-9(12,13)14/h1-3H,4H2,(H2,15,16,17). The maximum absolute atomic E-state index is 11.8. The van der Waals surface area contributed by atoms with Crippen LogP contribution in [0, 0.1) is 0 Å². The molecule has 0 aliphatic rings. The van der Waals surface area contributed by atoms with Crippen LogP contribution in [0.3, 0.4) is 0 Å². The summed E-state index contributed by atoms with van der Waals surface area (Å²) in [5.41, 5.74) is 0.138. The molecule has 1 aromatic rings. The van der Waals surface area contributed by atoms with Gasteiger partial charge in [0, 0.05) is 5.02 Å². The van der Waals surface area contributed by atoms with E-state index in [-0.39, 0.29) is 10.7 Å². The smallest absolute Gasteiger partial charge is 0.329 e. The molecule has 0 saturated heterocycles. The summed E-state index contributed by atoms with van der Waals surface area (Å²) in [6.45, 7) is -1.42. The minimum Gasteiger partial charge on any atom is -0.329 e. The van der Waals surface area contributed by atoms with Crippen LogP contribution in [0.25, 0.3) is 0 Å². The predicted octanol–water partition coefficient (Wildman–Crippen LogP) is 3.68. The van der Waals surface area contributed by atoms with Gasteiger partial charge in [-0.3, -0.25) is 0 Å². The summed E-state index contributed by atoms with van der Waals surface area (Å²) in [6, 6.07) is 3.23. The predicted molar refractivity (Wildman–Crippen MR) is 59.5 cm³/mol. The zero-order chi connectivity index (χ0) is 13.1. The summed E-state index contributed by atoms with van der Waals surface area (Å²) in [5, 5.41) is 4.28. The Morgan fingerprint density at radius 2 is 1.94 bits per heavy atom. The maximum Gasteiger partial charge on any atom is 0.405 e. The van der Waals surface area contributed by atoms with Crippen molar-refractivity contribution < 1.29 is 18.0 Å². The summed E-state index contributed by atoms with van der Waals surface area (Å²) in [7, 11) is 0. The highest BCUT2D eigenvalue weighted by Crippen LogP contribution is 2.25. The second-order valence-corrected chi connectivity index (χ2v) is 3.89. The molecule has 0 fully saturated rings. The minimum absolute atomic E-state index is 0.138. The zero-order valence-electron chi connectivity index (χ0n) is 8.24. The monoisotopic (exact) mass is 286 g/mol. The van der Waals surface area contributed by atoms with Gasteiger partial charge in [-0.1, -0.05) is 23.2 Å². The molecule has 2 amide bonds. The van der Waals surface area contributed by atoms with E-state index in [1.54, 1.807) is 5.32 Å². The number of hydrogen-bond acceptors (Lipinski definition) is 1. The van der Waals surface area contributed by atoms with Gasteiger partial charge >= 0.3 is 12.2 Å². The van der Waals surface area contributed by atoms with Gasteiger partial charge in [-0.25, -0.2) is 4.79 Å². The summed E-state index contributed by atoms with van der Waals surface area (Å²) in [4.78, 5) is 11.1. The van der Waals surface area contributed by atoms with E-state index in [0.29, 0.717) is 5.02 Å². The van der Waals surface area contributed by atoms with Gasteiger partial charge in [-0.15, -0.1) is 0 Å². The van der Waals surface area contributed by atoms with Crippen molar-refractivity contribution in [2.75, 3.05) is 11.9 Å². The highest BCUT2D eigenvalue weighted by Gasteiger charge is 2.27. The maximum atomic E-state index is 11.8. The van der Waals surface area contributed by atoms with Crippen LogP contribution < -0.4 is 10.6 Å². The first-order valence-corrected chi connectivity index (χ1v) is 5.10. The van der Waals surface area contributed by atoms with E-state index in [1.807, 2.05) is 0 Å². The van der Waals surface area contributed by atoms with Crippen molar-refractivity contribution >= 4 is 34.9 Å². The average Bonchev–Trinajstić information content (AvgIpc) is 2.20. The number of carbonyl (C=O) groups is 1. The van der Waals surface area contributed by atoms with Crippen LogP contribution >= 0.6 is 23.2 Å². The Morgan fingerprint density at radius 1 is 1.29 bits per heavy atom. The Kier molecular flexibility index (Phi) is 4.47. The van der Waals surface area contributed by atoms with E-state index in [2.05, 4.69) is 5.32 Å². The highest BCUT2D eigenvalue weighted by molar-refractivity contribution is 6.35. The lowest BCUT2D eigenvalue weighted by Crippen LogP contribution is -2.36. The molecular weight excluding hydrogens is 280 g/mol. The number of anilines is 1. The number of hydrogen-bond donors (Lipinski definition) is 2. The Labute approximate surface area is 105 Å². The molecule has 0 bridgehead atoms. The lowest BCUT2D eigenvalue weighted by molar-refractivity contribution is -0.122. The lowest BCUT2D eigenvalue weighted by atomic mass is 10.3. The van der Waals surface area contributed by atoms with Crippen molar-refractivity contribution in [2.45, 2.75) is 6.18 Å². The van der Waals surface area contributed by atoms with Crippen LogP contribution in [0.5, 0.6) is 0 Å². The van der Waals surface area contributed by atoms with Gasteiger partial charge in [0.1, 0.15) is 6.54 Å². The number of halogens is 5. The summed E-state index contributed by atoms with van der Waals surface area (Å²) in [6.07, 6.45) is -4.46. The largest absolute Gasteiger partial charge is 0.405 e. The van der Waals surface area contributed by atoms with Crippen molar-refractivity contribution in [3.8, 4) is 0 Å². The fourth-order valence-corrected chi connectivity index (χ4v) is 1.28. The van der Waals surface area contributed by atoms with Gasteiger partial charge in [-0.05, 0) is 18.2 Å². The normalized spacial score (nSPS) is 11.1. The van der Waals surface area contributed by atoms with Crippen LogP contribution in [-0.4, -0.2) is 18.8 Å². The van der Waals surface area contributed by atoms with E-state index in [9.17, 15) is 18.0 Å². The molecule has 0 atom stereocenters. The molecule has 0 radical (unpaired) electrons. The third-order valence-corrected chi connectivity index (χ3v) is 2.19. The van der Waals surface area contributed by atoms with Gasteiger partial charge in [0.05, 0.1) is 10.7 Å². The van der Waals surface area contributed by atoms with E-state index < -0.39 is 18.8 Å². The van der Waals surface area contributed by atoms with Crippen LogP contribution in [-0.2, 0) is 0 Å². The molecule has 0 aliphatic heterocycles. The van der Waals surface area contributed by atoms with E-state index >= 15 is 0 Å². The summed E-state index contributed by atoms with van der Waals surface area (Å²) in [5.74, 6) is 0. The molecular formula is C9H7Cl2F3N2O. The van der Waals surface area contributed by atoms with Gasteiger partial charge < -0.3 is 10.6 Å². The van der Waals surface area contributed by atoms with Gasteiger partial charge in [0.25, 0.3) is 0 Å². The topological polar surface area (TPSA) is 41.1 Å². The average molecular weight is 287 g/mol. The van der Waals surface area contributed by atoms with Crippen LogP contribution in [0.4, 0.5) is 23.7 Å². The molecule has 0 spiro atoms. The SMILES string of the molecule is O=C(NCC(F)(F)F)Nc1cc(Cl)ccc1Cl. The Bertz CT molecular complexity index is 423. The van der Waals surface area contributed by atoms with E-state index in [0.717, 1.165) is 0 Å². The quantitative estimate of drug-likeness (QED) is 0.856. The fourth-order valence-electron chi connectivity index (χ4n) is 0.940. The van der Waals surface area contributed by atoms with Crippen molar-refractivity contribution in [3.05, 3.63) is 28.2 Å². The number of rotatable bonds is 2. The number of alkyl halides is 3. The molecule has 1 aromatic carbocycles. The molecule has 3 nitrogen and oxygen atoms in total. The highest BCUT2D eigenvalue weighted by atomic mass is 35.5. The molecule has 1 rings (SSSR count). The van der Waals surface area contributed by atoms with Crippen LogP contribution in [0.1, 0.15) is 0 Å². The van der Waals surface area contributed by atoms with E-state index in [1.165, 1.54) is 18.2 Å². The summed E-state index contributed by atoms with van der Waals surface area (Å²) < 4.78 is 35.4. The van der Waals surface area contributed by atoms with Crippen molar-refractivity contribution in [3.63, 3.8) is 0 Å². The third-order valence-electron chi connectivity index (χ3n) is 1.63. The molecule has 0 unspecified atom stereocenters. The first-order chi connectivity index (χ1) is 7.78. The number of nitrogens with one attached hydrogen (secondary N) is 2.